The molecule has 1 rings (SSSR count). The van der Waals surface area contributed by atoms with E-state index in [-0.39, 0.29) is 18.0 Å². The van der Waals surface area contributed by atoms with E-state index in [0.29, 0.717) is 0 Å². The highest BCUT2D eigenvalue weighted by Gasteiger charge is 2.21. The van der Waals surface area contributed by atoms with Crippen molar-refractivity contribution in [1.82, 2.24) is 4.72 Å². The highest BCUT2D eigenvalue weighted by Crippen LogP contribution is 2.16. The van der Waals surface area contributed by atoms with Gasteiger partial charge in [-0.05, 0) is 24.3 Å². The van der Waals surface area contributed by atoms with Crippen LogP contribution < -0.4 is 4.72 Å². The van der Waals surface area contributed by atoms with Gasteiger partial charge in [0.1, 0.15) is 0 Å². The zero-order valence-electron chi connectivity index (χ0n) is 9.77. The summed E-state index contributed by atoms with van der Waals surface area (Å²) in [7, 11) is -3.50. The lowest BCUT2D eigenvalue weighted by molar-refractivity contribution is 0.163. The molecular formula is C11H16BrNO3S. The predicted octanol–water partition coefficient (Wildman–Crippen LogP) is 1.75. The molecule has 0 bridgehead atoms. The first-order chi connectivity index (χ1) is 7.77. The SMILES string of the molecule is CC(C)(CO)CNS(=O)(=O)c1ccc(Br)cc1. The first kappa shape index (κ1) is 14.6. The van der Waals surface area contributed by atoms with Crippen molar-refractivity contribution in [3.63, 3.8) is 0 Å². The van der Waals surface area contributed by atoms with Crippen molar-refractivity contribution in [3.8, 4) is 0 Å². The Labute approximate surface area is 110 Å². The van der Waals surface area contributed by atoms with Crippen molar-refractivity contribution in [2.24, 2.45) is 5.41 Å². The van der Waals surface area contributed by atoms with Crippen LogP contribution in [0.15, 0.2) is 33.6 Å². The largest absolute Gasteiger partial charge is 0.396 e. The molecule has 1 aromatic carbocycles. The van der Waals surface area contributed by atoms with Crippen LogP contribution in [0.2, 0.25) is 0 Å². The number of hydrogen-bond donors (Lipinski definition) is 2. The number of halogens is 1. The molecule has 0 aliphatic carbocycles. The standard InChI is InChI=1S/C11H16BrNO3S/c1-11(2,8-14)7-13-17(15,16)10-5-3-9(12)4-6-10/h3-6,13-14H,7-8H2,1-2H3. The van der Waals surface area contributed by atoms with Crippen LogP contribution in [0.1, 0.15) is 13.8 Å². The molecule has 0 saturated heterocycles. The van der Waals surface area contributed by atoms with E-state index in [9.17, 15) is 8.42 Å². The average molecular weight is 322 g/mol. The number of hydrogen-bond acceptors (Lipinski definition) is 3. The van der Waals surface area contributed by atoms with Crippen molar-refractivity contribution >= 4 is 26.0 Å². The lowest BCUT2D eigenvalue weighted by Crippen LogP contribution is -2.36. The fourth-order valence-electron chi connectivity index (χ4n) is 1.04. The minimum absolute atomic E-state index is 0.0736. The van der Waals surface area contributed by atoms with Gasteiger partial charge in [-0.2, -0.15) is 0 Å². The van der Waals surface area contributed by atoms with Crippen LogP contribution in [0, 0.1) is 5.41 Å². The summed E-state index contributed by atoms with van der Waals surface area (Å²) in [5.74, 6) is 0. The van der Waals surface area contributed by atoms with Crippen molar-refractivity contribution in [1.29, 1.82) is 0 Å². The van der Waals surface area contributed by atoms with Gasteiger partial charge >= 0.3 is 0 Å². The third-order valence-electron chi connectivity index (χ3n) is 2.29. The van der Waals surface area contributed by atoms with E-state index in [0.717, 1.165) is 4.47 Å². The fraction of sp³-hybridized carbons (Fsp3) is 0.455. The molecule has 0 aliphatic heterocycles. The Bertz CT molecular complexity index is 468. The maximum Gasteiger partial charge on any atom is 0.240 e. The Morgan fingerprint density at radius 3 is 2.29 bits per heavy atom. The zero-order chi connectivity index (χ0) is 13.1. The Morgan fingerprint density at radius 2 is 1.82 bits per heavy atom. The van der Waals surface area contributed by atoms with Crippen LogP contribution in [0.3, 0.4) is 0 Å². The second-order valence-electron chi connectivity index (χ2n) is 4.60. The zero-order valence-corrected chi connectivity index (χ0v) is 12.2. The minimum atomic E-state index is -3.50. The normalized spacial score (nSPS) is 12.7. The van der Waals surface area contributed by atoms with E-state index in [1.807, 2.05) is 0 Å². The molecule has 0 spiro atoms. The van der Waals surface area contributed by atoms with Gasteiger partial charge in [0.25, 0.3) is 0 Å². The van der Waals surface area contributed by atoms with E-state index in [1.54, 1.807) is 26.0 Å². The summed E-state index contributed by atoms with van der Waals surface area (Å²) < 4.78 is 27.1. The number of benzene rings is 1. The number of sulfonamides is 1. The molecule has 0 aliphatic rings. The van der Waals surface area contributed by atoms with Gasteiger partial charge in [-0.1, -0.05) is 29.8 Å². The summed E-state index contributed by atoms with van der Waals surface area (Å²) in [5, 5.41) is 9.06. The van der Waals surface area contributed by atoms with E-state index in [1.165, 1.54) is 12.1 Å². The summed E-state index contributed by atoms with van der Waals surface area (Å²) >= 11 is 3.25. The lowest BCUT2D eigenvalue weighted by atomic mass is 9.96. The molecule has 0 unspecified atom stereocenters. The topological polar surface area (TPSA) is 66.4 Å². The monoisotopic (exact) mass is 321 g/mol. The van der Waals surface area contributed by atoms with Crippen LogP contribution in [0.4, 0.5) is 0 Å². The minimum Gasteiger partial charge on any atom is -0.396 e. The molecule has 0 heterocycles. The van der Waals surface area contributed by atoms with Crippen molar-refractivity contribution < 1.29 is 13.5 Å². The maximum absolute atomic E-state index is 11.9. The van der Waals surface area contributed by atoms with E-state index in [2.05, 4.69) is 20.7 Å². The van der Waals surface area contributed by atoms with Gasteiger partial charge in [0, 0.05) is 23.0 Å². The smallest absolute Gasteiger partial charge is 0.240 e. The third kappa shape index (κ3) is 4.39. The van der Waals surface area contributed by atoms with E-state index < -0.39 is 15.4 Å². The Morgan fingerprint density at radius 1 is 1.29 bits per heavy atom. The van der Waals surface area contributed by atoms with Gasteiger partial charge in [0.05, 0.1) is 4.90 Å². The van der Waals surface area contributed by atoms with Gasteiger partial charge in [0.15, 0.2) is 0 Å². The average Bonchev–Trinajstić information content (AvgIpc) is 2.27. The second-order valence-corrected chi connectivity index (χ2v) is 7.28. The van der Waals surface area contributed by atoms with Crippen LogP contribution in [0.5, 0.6) is 0 Å². The predicted molar refractivity (Wildman–Crippen MR) is 70.2 cm³/mol. The van der Waals surface area contributed by atoms with Gasteiger partial charge < -0.3 is 5.11 Å². The fourth-order valence-corrected chi connectivity index (χ4v) is 2.55. The number of aliphatic hydroxyl groups is 1. The van der Waals surface area contributed by atoms with Crippen molar-refractivity contribution in [3.05, 3.63) is 28.7 Å². The molecule has 0 radical (unpaired) electrons. The number of rotatable bonds is 5. The summed E-state index contributed by atoms with van der Waals surface area (Å²) in [4.78, 5) is 0.217. The highest BCUT2D eigenvalue weighted by molar-refractivity contribution is 9.10. The maximum atomic E-state index is 11.9. The molecule has 0 fully saturated rings. The summed E-state index contributed by atoms with van der Waals surface area (Å²) in [6, 6.07) is 6.40. The highest BCUT2D eigenvalue weighted by atomic mass is 79.9. The molecular weight excluding hydrogens is 306 g/mol. The molecule has 17 heavy (non-hydrogen) atoms. The van der Waals surface area contributed by atoms with E-state index in [4.69, 9.17) is 5.11 Å². The van der Waals surface area contributed by atoms with Gasteiger partial charge in [-0.15, -0.1) is 0 Å². The van der Waals surface area contributed by atoms with Crippen LogP contribution in [-0.4, -0.2) is 26.7 Å². The van der Waals surface area contributed by atoms with Crippen LogP contribution in [0.25, 0.3) is 0 Å². The third-order valence-corrected chi connectivity index (χ3v) is 4.24. The first-order valence-corrected chi connectivity index (χ1v) is 7.40. The van der Waals surface area contributed by atoms with Crippen LogP contribution in [-0.2, 0) is 10.0 Å². The molecule has 1 aromatic rings. The molecule has 0 amide bonds. The van der Waals surface area contributed by atoms with Crippen LogP contribution >= 0.6 is 15.9 Å². The first-order valence-electron chi connectivity index (χ1n) is 5.13. The second kappa shape index (κ2) is 5.48. The molecule has 6 heteroatoms. The summed E-state index contributed by atoms with van der Waals surface area (Å²) in [6.45, 7) is 3.70. The van der Waals surface area contributed by atoms with Gasteiger partial charge in [0.2, 0.25) is 10.0 Å². The summed E-state index contributed by atoms with van der Waals surface area (Å²) in [6.07, 6.45) is 0. The Balaban J connectivity index is 2.79. The van der Waals surface area contributed by atoms with Gasteiger partial charge in [-0.25, -0.2) is 13.1 Å². The number of nitrogens with one attached hydrogen (secondary N) is 1. The molecule has 96 valence electrons. The quantitative estimate of drug-likeness (QED) is 0.868. The van der Waals surface area contributed by atoms with Crippen molar-refractivity contribution in [2.45, 2.75) is 18.7 Å². The molecule has 0 aromatic heterocycles. The van der Waals surface area contributed by atoms with Gasteiger partial charge in [-0.3, -0.25) is 0 Å². The Kier molecular flexibility index (Phi) is 4.71. The molecule has 2 N–H and O–H groups in total. The van der Waals surface area contributed by atoms with Crippen molar-refractivity contribution in [2.75, 3.05) is 13.2 Å². The number of aliphatic hydroxyl groups excluding tert-OH is 1. The van der Waals surface area contributed by atoms with E-state index >= 15 is 0 Å². The Hall–Kier alpha value is -0.430. The molecule has 0 atom stereocenters. The summed E-state index contributed by atoms with van der Waals surface area (Å²) in [5.41, 5.74) is -0.470. The molecule has 4 nitrogen and oxygen atoms in total. The lowest BCUT2D eigenvalue weighted by Gasteiger charge is -2.21. The molecule has 0 saturated carbocycles.